The van der Waals surface area contributed by atoms with Gasteiger partial charge in [-0.3, -0.25) is 0 Å². The zero-order valence-corrected chi connectivity index (χ0v) is 10.0. The number of carboxylic acid groups (broad SMARTS) is 1. The third kappa shape index (κ3) is 3.04. The van der Waals surface area contributed by atoms with E-state index in [2.05, 4.69) is 4.98 Å². The Kier molecular flexibility index (Phi) is 3.39. The minimum atomic E-state index is -0.982. The molecule has 0 bridgehead atoms. The smallest absolute Gasteiger partial charge is 0.341 e. The van der Waals surface area contributed by atoms with Crippen LogP contribution < -0.4 is 4.74 Å². The lowest BCUT2D eigenvalue weighted by atomic mass is 10.2. The van der Waals surface area contributed by atoms with Gasteiger partial charge < -0.3 is 9.84 Å². The number of carbonyl (C=O) groups is 1. The van der Waals surface area contributed by atoms with E-state index in [1.165, 1.54) is 0 Å². The van der Waals surface area contributed by atoms with E-state index < -0.39 is 5.97 Å². The van der Waals surface area contributed by atoms with Crippen LogP contribution in [0.3, 0.4) is 0 Å². The van der Waals surface area contributed by atoms with E-state index in [9.17, 15) is 4.79 Å². The zero-order chi connectivity index (χ0) is 12.3. The number of aromatic nitrogens is 1. The molecule has 0 aliphatic carbocycles. The van der Waals surface area contributed by atoms with E-state index in [4.69, 9.17) is 9.84 Å². The second kappa shape index (κ2) is 4.97. The lowest BCUT2D eigenvalue weighted by Gasteiger charge is -2.03. The Morgan fingerprint density at radius 1 is 1.41 bits per heavy atom. The molecular formula is C12H11NO3S. The number of benzene rings is 1. The Hall–Kier alpha value is -1.88. The van der Waals surface area contributed by atoms with Crippen molar-refractivity contribution in [3.8, 4) is 17.0 Å². The third-order valence-electron chi connectivity index (χ3n) is 2.13. The minimum Gasteiger partial charge on any atom is -0.482 e. The van der Waals surface area contributed by atoms with Crippen molar-refractivity contribution in [3.63, 3.8) is 0 Å². The molecule has 2 rings (SSSR count). The maximum Gasteiger partial charge on any atom is 0.341 e. The quantitative estimate of drug-likeness (QED) is 0.904. The topological polar surface area (TPSA) is 59.4 Å². The molecule has 1 aromatic carbocycles. The van der Waals surface area contributed by atoms with Gasteiger partial charge in [-0.1, -0.05) is 0 Å². The number of rotatable bonds is 4. The molecule has 17 heavy (non-hydrogen) atoms. The molecule has 88 valence electrons. The van der Waals surface area contributed by atoms with Crippen molar-refractivity contribution >= 4 is 17.3 Å². The number of carboxylic acids is 1. The largest absolute Gasteiger partial charge is 0.482 e. The summed E-state index contributed by atoms with van der Waals surface area (Å²) >= 11 is 1.60. The fourth-order valence-corrected chi connectivity index (χ4v) is 1.99. The fraction of sp³-hybridized carbons (Fsp3) is 0.167. The molecule has 0 amide bonds. The summed E-state index contributed by atoms with van der Waals surface area (Å²) in [5, 5.41) is 11.5. The van der Waals surface area contributed by atoms with Crippen LogP contribution in [0, 0.1) is 6.92 Å². The molecule has 0 saturated heterocycles. The molecule has 0 unspecified atom stereocenters. The Morgan fingerprint density at radius 2 is 2.12 bits per heavy atom. The third-order valence-corrected chi connectivity index (χ3v) is 2.90. The van der Waals surface area contributed by atoms with Gasteiger partial charge in [0, 0.05) is 10.9 Å². The van der Waals surface area contributed by atoms with Gasteiger partial charge in [-0.15, -0.1) is 11.3 Å². The first-order valence-corrected chi connectivity index (χ1v) is 5.90. The van der Waals surface area contributed by atoms with Crippen LogP contribution >= 0.6 is 11.3 Å². The molecule has 4 nitrogen and oxygen atoms in total. The first kappa shape index (κ1) is 11.6. The molecule has 0 atom stereocenters. The average Bonchev–Trinajstić information content (AvgIpc) is 2.74. The second-order valence-electron chi connectivity index (χ2n) is 3.46. The van der Waals surface area contributed by atoms with Crippen molar-refractivity contribution in [2.45, 2.75) is 6.92 Å². The Bertz CT molecular complexity index is 519. The molecule has 1 aromatic heterocycles. The van der Waals surface area contributed by atoms with E-state index in [0.717, 1.165) is 16.3 Å². The van der Waals surface area contributed by atoms with Gasteiger partial charge >= 0.3 is 5.97 Å². The number of aliphatic carboxylic acids is 1. The van der Waals surface area contributed by atoms with E-state index in [1.54, 1.807) is 23.5 Å². The van der Waals surface area contributed by atoms with E-state index in [1.807, 2.05) is 24.4 Å². The van der Waals surface area contributed by atoms with Gasteiger partial charge in [-0.25, -0.2) is 9.78 Å². The summed E-state index contributed by atoms with van der Waals surface area (Å²) in [7, 11) is 0. The normalized spacial score (nSPS) is 10.2. The van der Waals surface area contributed by atoms with Crippen LogP contribution in [0.2, 0.25) is 0 Å². The molecular weight excluding hydrogens is 238 g/mol. The van der Waals surface area contributed by atoms with Crippen LogP contribution in [0.4, 0.5) is 0 Å². The summed E-state index contributed by atoms with van der Waals surface area (Å²) in [5.41, 5.74) is 1.93. The number of hydrogen-bond donors (Lipinski definition) is 1. The molecule has 0 fully saturated rings. The highest BCUT2D eigenvalue weighted by Crippen LogP contribution is 2.23. The van der Waals surface area contributed by atoms with Crippen LogP contribution in [0.5, 0.6) is 5.75 Å². The summed E-state index contributed by atoms with van der Waals surface area (Å²) in [6, 6.07) is 7.22. The van der Waals surface area contributed by atoms with Gasteiger partial charge in [-0.2, -0.15) is 0 Å². The molecule has 2 aromatic rings. The minimum absolute atomic E-state index is 0.324. The molecule has 0 radical (unpaired) electrons. The van der Waals surface area contributed by atoms with Crippen LogP contribution in [0.25, 0.3) is 11.3 Å². The molecule has 0 aliphatic rings. The summed E-state index contributed by atoms with van der Waals surface area (Å²) in [4.78, 5) is 14.7. The zero-order valence-electron chi connectivity index (χ0n) is 9.21. The van der Waals surface area contributed by atoms with Gasteiger partial charge in [0.2, 0.25) is 0 Å². The lowest BCUT2D eigenvalue weighted by molar-refractivity contribution is -0.139. The maximum atomic E-state index is 10.3. The van der Waals surface area contributed by atoms with Crippen molar-refractivity contribution in [2.24, 2.45) is 0 Å². The Balaban J connectivity index is 2.10. The number of aryl methyl sites for hydroxylation is 1. The molecule has 1 heterocycles. The van der Waals surface area contributed by atoms with E-state index in [-0.39, 0.29) is 6.61 Å². The van der Waals surface area contributed by atoms with Crippen molar-refractivity contribution in [3.05, 3.63) is 34.7 Å². The predicted molar refractivity (Wildman–Crippen MR) is 65.4 cm³/mol. The van der Waals surface area contributed by atoms with Crippen molar-refractivity contribution < 1.29 is 14.6 Å². The van der Waals surface area contributed by atoms with Crippen molar-refractivity contribution in [2.75, 3.05) is 6.61 Å². The fourth-order valence-electron chi connectivity index (χ4n) is 1.36. The van der Waals surface area contributed by atoms with E-state index >= 15 is 0 Å². The van der Waals surface area contributed by atoms with Gasteiger partial charge in [-0.05, 0) is 31.2 Å². The number of thiazole rings is 1. The maximum absolute atomic E-state index is 10.3. The summed E-state index contributed by atoms with van der Waals surface area (Å²) in [5.74, 6) is -0.438. The molecule has 5 heteroatoms. The first-order chi connectivity index (χ1) is 8.15. The molecule has 0 spiro atoms. The van der Waals surface area contributed by atoms with Gasteiger partial charge in [0.1, 0.15) is 5.75 Å². The number of hydrogen-bond acceptors (Lipinski definition) is 4. The second-order valence-corrected chi connectivity index (χ2v) is 4.52. The molecule has 0 aliphatic heterocycles. The Morgan fingerprint density at radius 3 is 2.65 bits per heavy atom. The van der Waals surface area contributed by atoms with Crippen molar-refractivity contribution in [1.82, 2.24) is 4.98 Å². The van der Waals surface area contributed by atoms with Crippen LogP contribution in [-0.4, -0.2) is 22.7 Å². The lowest BCUT2D eigenvalue weighted by Crippen LogP contribution is -2.09. The summed E-state index contributed by atoms with van der Waals surface area (Å²) < 4.78 is 5.05. The highest BCUT2D eigenvalue weighted by atomic mass is 32.1. The summed E-state index contributed by atoms with van der Waals surface area (Å²) in [6.07, 6.45) is 0. The van der Waals surface area contributed by atoms with Crippen LogP contribution in [0.15, 0.2) is 29.6 Å². The summed E-state index contributed by atoms with van der Waals surface area (Å²) in [6.45, 7) is 1.63. The van der Waals surface area contributed by atoms with Gasteiger partial charge in [0.15, 0.2) is 6.61 Å². The highest BCUT2D eigenvalue weighted by molar-refractivity contribution is 7.09. The molecule has 0 saturated carbocycles. The first-order valence-electron chi connectivity index (χ1n) is 5.02. The SMILES string of the molecule is Cc1nc(-c2ccc(OCC(=O)O)cc2)cs1. The average molecular weight is 249 g/mol. The van der Waals surface area contributed by atoms with Crippen molar-refractivity contribution in [1.29, 1.82) is 0 Å². The monoisotopic (exact) mass is 249 g/mol. The van der Waals surface area contributed by atoms with Gasteiger partial charge in [0.05, 0.1) is 10.7 Å². The highest BCUT2D eigenvalue weighted by Gasteiger charge is 2.03. The Labute approximate surface area is 103 Å². The molecule has 1 N–H and O–H groups in total. The predicted octanol–water partition coefficient (Wildman–Crippen LogP) is 2.58. The van der Waals surface area contributed by atoms with E-state index in [0.29, 0.717) is 5.75 Å². The number of nitrogens with zero attached hydrogens (tertiary/aromatic N) is 1. The van der Waals surface area contributed by atoms with Crippen LogP contribution in [-0.2, 0) is 4.79 Å². The van der Waals surface area contributed by atoms with Gasteiger partial charge in [0.25, 0.3) is 0 Å². The van der Waals surface area contributed by atoms with Crippen LogP contribution in [0.1, 0.15) is 5.01 Å². The number of ether oxygens (including phenoxy) is 1. The standard InChI is InChI=1S/C12H11NO3S/c1-8-13-11(7-17-8)9-2-4-10(5-3-9)16-6-12(14)15/h2-5,7H,6H2,1H3,(H,14,15).